The molecule has 8 nitrogen and oxygen atoms in total. The van der Waals surface area contributed by atoms with Gasteiger partial charge in [-0.3, -0.25) is 4.79 Å². The molecule has 4 aromatic rings. The van der Waals surface area contributed by atoms with E-state index in [4.69, 9.17) is 16.1 Å². The summed E-state index contributed by atoms with van der Waals surface area (Å²) < 4.78 is 7.46. The van der Waals surface area contributed by atoms with E-state index in [1.807, 2.05) is 37.3 Å². The fourth-order valence-corrected chi connectivity index (χ4v) is 4.28. The number of aryl methyl sites for hydroxylation is 3. The smallest absolute Gasteiger partial charge is 0.227 e. The third-order valence-electron chi connectivity index (χ3n) is 5.94. The Morgan fingerprint density at radius 2 is 1.97 bits per heavy atom. The minimum atomic E-state index is -0.150. The average Bonchev–Trinajstić information content (AvgIpc) is 3.40. The number of amides is 1. The SMILES string of the molecule is Cc1ccc(-c2noc(CCC(=O)Nc3ccc(Cl)c(-c4nnc5n4CCCCC5)c3)n2)cc1. The highest BCUT2D eigenvalue weighted by Crippen LogP contribution is 2.31. The van der Waals surface area contributed by atoms with Crippen molar-refractivity contribution in [3.63, 3.8) is 0 Å². The first-order chi connectivity index (χ1) is 16.6. The third-order valence-corrected chi connectivity index (χ3v) is 6.27. The molecule has 2 aromatic carbocycles. The van der Waals surface area contributed by atoms with E-state index in [2.05, 4.69) is 30.2 Å². The molecule has 3 heterocycles. The number of carbonyl (C=O) groups is 1. The summed E-state index contributed by atoms with van der Waals surface area (Å²) in [6, 6.07) is 13.3. The third kappa shape index (κ3) is 4.87. The number of anilines is 1. The van der Waals surface area contributed by atoms with Crippen molar-refractivity contribution in [2.24, 2.45) is 0 Å². The van der Waals surface area contributed by atoms with Crippen molar-refractivity contribution < 1.29 is 9.32 Å². The molecule has 0 atom stereocenters. The maximum atomic E-state index is 12.6. The summed E-state index contributed by atoms with van der Waals surface area (Å²) in [4.78, 5) is 17.0. The Morgan fingerprint density at radius 3 is 2.82 bits per heavy atom. The van der Waals surface area contributed by atoms with Crippen LogP contribution in [0.5, 0.6) is 0 Å². The second kappa shape index (κ2) is 9.77. The Balaban J connectivity index is 1.24. The van der Waals surface area contributed by atoms with Gasteiger partial charge in [-0.1, -0.05) is 53.0 Å². The molecule has 0 spiro atoms. The van der Waals surface area contributed by atoms with Crippen LogP contribution < -0.4 is 5.32 Å². The Hall–Kier alpha value is -3.52. The molecule has 1 aliphatic rings. The van der Waals surface area contributed by atoms with Gasteiger partial charge in [-0.2, -0.15) is 4.98 Å². The molecule has 1 aliphatic heterocycles. The molecule has 0 unspecified atom stereocenters. The van der Waals surface area contributed by atoms with Gasteiger partial charge in [-0.25, -0.2) is 0 Å². The summed E-state index contributed by atoms with van der Waals surface area (Å²) in [5.41, 5.74) is 3.46. The summed E-state index contributed by atoms with van der Waals surface area (Å²) in [6.45, 7) is 2.90. The minimum Gasteiger partial charge on any atom is -0.339 e. The highest BCUT2D eigenvalue weighted by molar-refractivity contribution is 6.33. The normalized spacial score (nSPS) is 13.4. The molecule has 1 N–H and O–H groups in total. The number of nitrogens with zero attached hydrogens (tertiary/aromatic N) is 5. The van der Waals surface area contributed by atoms with Gasteiger partial charge in [0, 0.05) is 42.6 Å². The molecule has 0 bridgehead atoms. The van der Waals surface area contributed by atoms with Crippen molar-refractivity contribution in [2.75, 3.05) is 5.32 Å². The van der Waals surface area contributed by atoms with E-state index >= 15 is 0 Å². The van der Waals surface area contributed by atoms with Crippen molar-refractivity contribution in [3.8, 4) is 22.8 Å². The molecule has 9 heteroatoms. The van der Waals surface area contributed by atoms with Crippen LogP contribution in [0.3, 0.4) is 0 Å². The van der Waals surface area contributed by atoms with Gasteiger partial charge in [0.15, 0.2) is 5.82 Å². The van der Waals surface area contributed by atoms with E-state index < -0.39 is 0 Å². The number of carbonyl (C=O) groups excluding carboxylic acids is 1. The monoisotopic (exact) mass is 476 g/mol. The van der Waals surface area contributed by atoms with Crippen LogP contribution in [0.15, 0.2) is 47.0 Å². The predicted molar refractivity (Wildman–Crippen MR) is 129 cm³/mol. The van der Waals surface area contributed by atoms with Crippen LogP contribution in [0, 0.1) is 6.92 Å². The number of aromatic nitrogens is 5. The first kappa shape index (κ1) is 22.3. The quantitative estimate of drug-likeness (QED) is 0.407. The van der Waals surface area contributed by atoms with Crippen molar-refractivity contribution in [2.45, 2.75) is 52.0 Å². The van der Waals surface area contributed by atoms with Crippen molar-refractivity contribution in [1.29, 1.82) is 0 Å². The van der Waals surface area contributed by atoms with E-state index in [0.717, 1.165) is 54.1 Å². The van der Waals surface area contributed by atoms with Crippen LogP contribution in [0.2, 0.25) is 5.02 Å². The van der Waals surface area contributed by atoms with Crippen LogP contribution in [0.4, 0.5) is 5.69 Å². The number of hydrogen-bond donors (Lipinski definition) is 1. The topological polar surface area (TPSA) is 98.7 Å². The number of benzene rings is 2. The second-order valence-corrected chi connectivity index (χ2v) is 8.93. The maximum absolute atomic E-state index is 12.6. The zero-order chi connectivity index (χ0) is 23.5. The molecule has 0 saturated carbocycles. The van der Waals surface area contributed by atoms with Crippen LogP contribution in [0.25, 0.3) is 22.8 Å². The molecule has 174 valence electrons. The lowest BCUT2D eigenvalue weighted by molar-refractivity contribution is -0.116. The highest BCUT2D eigenvalue weighted by Gasteiger charge is 2.19. The second-order valence-electron chi connectivity index (χ2n) is 8.52. The summed E-state index contributed by atoms with van der Waals surface area (Å²) >= 11 is 6.49. The number of fused-ring (bicyclic) bond motifs is 1. The van der Waals surface area contributed by atoms with Crippen molar-refractivity contribution >= 4 is 23.2 Å². The molecule has 0 fully saturated rings. The van der Waals surface area contributed by atoms with Gasteiger partial charge < -0.3 is 14.4 Å². The number of nitrogens with one attached hydrogen (secondary N) is 1. The van der Waals surface area contributed by atoms with Crippen molar-refractivity contribution in [1.82, 2.24) is 24.9 Å². The largest absolute Gasteiger partial charge is 0.339 e. The van der Waals surface area contributed by atoms with E-state index in [0.29, 0.717) is 28.8 Å². The summed E-state index contributed by atoms with van der Waals surface area (Å²) in [5, 5.41) is 16.3. The summed E-state index contributed by atoms with van der Waals surface area (Å²) in [7, 11) is 0. The molecule has 2 aromatic heterocycles. The van der Waals surface area contributed by atoms with Gasteiger partial charge in [0.05, 0.1) is 5.02 Å². The lowest BCUT2D eigenvalue weighted by Gasteiger charge is -2.11. The van der Waals surface area contributed by atoms with E-state index in [1.54, 1.807) is 12.1 Å². The van der Waals surface area contributed by atoms with Crippen LogP contribution in [-0.4, -0.2) is 30.8 Å². The Bertz CT molecular complexity index is 1310. The highest BCUT2D eigenvalue weighted by atomic mass is 35.5. The molecule has 5 rings (SSSR count). The minimum absolute atomic E-state index is 0.150. The predicted octanol–water partition coefficient (Wildman–Crippen LogP) is 5.25. The first-order valence-corrected chi connectivity index (χ1v) is 11.9. The molecular formula is C25H25ClN6O2. The van der Waals surface area contributed by atoms with Gasteiger partial charge in [-0.15, -0.1) is 10.2 Å². The fourth-order valence-electron chi connectivity index (χ4n) is 4.08. The molecular weight excluding hydrogens is 452 g/mol. The molecule has 34 heavy (non-hydrogen) atoms. The van der Waals surface area contributed by atoms with Crippen LogP contribution >= 0.6 is 11.6 Å². The zero-order valence-electron chi connectivity index (χ0n) is 18.9. The zero-order valence-corrected chi connectivity index (χ0v) is 19.7. The van der Waals surface area contributed by atoms with E-state index in [9.17, 15) is 4.79 Å². The fraction of sp³-hybridized carbons (Fsp3) is 0.320. The summed E-state index contributed by atoms with van der Waals surface area (Å²) in [5.74, 6) is 2.53. The standard InChI is InChI=1S/C25H25ClN6O2/c1-16-6-8-17(9-7-16)24-28-23(34-31-24)13-12-22(33)27-18-10-11-20(26)19(15-18)25-30-29-21-5-3-2-4-14-32(21)25/h6-11,15H,2-5,12-14H2,1H3,(H,27,33). The van der Waals surface area contributed by atoms with Crippen LogP contribution in [0.1, 0.15) is 43.0 Å². The van der Waals surface area contributed by atoms with Gasteiger partial charge in [-0.05, 0) is 38.0 Å². The molecule has 0 saturated heterocycles. The Labute approximate surface area is 202 Å². The lowest BCUT2D eigenvalue weighted by atomic mass is 10.1. The number of hydrogen-bond acceptors (Lipinski definition) is 6. The van der Waals surface area contributed by atoms with Gasteiger partial charge in [0.1, 0.15) is 5.82 Å². The van der Waals surface area contributed by atoms with E-state index in [1.165, 1.54) is 6.42 Å². The molecule has 0 aliphatic carbocycles. The van der Waals surface area contributed by atoms with E-state index in [-0.39, 0.29) is 12.3 Å². The Kier molecular flexibility index (Phi) is 6.40. The number of rotatable bonds is 6. The summed E-state index contributed by atoms with van der Waals surface area (Å²) in [6.07, 6.45) is 4.88. The van der Waals surface area contributed by atoms with Crippen molar-refractivity contribution in [3.05, 3.63) is 64.8 Å². The van der Waals surface area contributed by atoms with Gasteiger partial charge >= 0.3 is 0 Å². The van der Waals surface area contributed by atoms with Gasteiger partial charge in [0.2, 0.25) is 17.6 Å². The maximum Gasteiger partial charge on any atom is 0.227 e. The Morgan fingerprint density at radius 1 is 1.12 bits per heavy atom. The molecule has 0 radical (unpaired) electrons. The average molecular weight is 477 g/mol. The lowest BCUT2D eigenvalue weighted by Crippen LogP contribution is -2.12. The number of halogens is 1. The van der Waals surface area contributed by atoms with Gasteiger partial charge in [0.25, 0.3) is 0 Å². The van der Waals surface area contributed by atoms with Crippen LogP contribution in [-0.2, 0) is 24.2 Å². The first-order valence-electron chi connectivity index (χ1n) is 11.5. The molecule has 1 amide bonds.